The van der Waals surface area contributed by atoms with Gasteiger partial charge >= 0.3 is 6.09 Å². The summed E-state index contributed by atoms with van der Waals surface area (Å²) in [5.41, 5.74) is 2.17. The van der Waals surface area contributed by atoms with Crippen LogP contribution >= 0.6 is 0 Å². The van der Waals surface area contributed by atoms with Crippen LogP contribution in [0.2, 0.25) is 0 Å². The predicted octanol–water partition coefficient (Wildman–Crippen LogP) is 1.36. The third-order valence-electron chi connectivity index (χ3n) is 1.17. The highest BCUT2D eigenvalue weighted by molar-refractivity contribution is 5.77. The summed E-state index contributed by atoms with van der Waals surface area (Å²) in [5.74, 6) is 0.566. The summed E-state index contributed by atoms with van der Waals surface area (Å²) in [6.07, 6.45) is 2.33. The zero-order valence-electron chi connectivity index (χ0n) is 7.19. The molecule has 0 spiro atoms. The second-order valence-corrected chi connectivity index (χ2v) is 2.11. The highest BCUT2D eigenvalue weighted by Crippen LogP contribution is 1.94. The van der Waals surface area contributed by atoms with Crippen LogP contribution in [0.15, 0.2) is 27.9 Å². The van der Waals surface area contributed by atoms with Crippen molar-refractivity contribution in [3.63, 3.8) is 0 Å². The molecule has 1 rings (SSSR count). The van der Waals surface area contributed by atoms with Crippen LogP contribution in [0.1, 0.15) is 12.7 Å². The lowest BCUT2D eigenvalue weighted by Crippen LogP contribution is -2.18. The molecule has 13 heavy (non-hydrogen) atoms. The number of hydrazone groups is 1. The average molecular weight is 182 g/mol. The number of nitrogens with zero attached hydrogens (tertiary/aromatic N) is 1. The second kappa shape index (κ2) is 4.97. The van der Waals surface area contributed by atoms with E-state index in [0.29, 0.717) is 12.4 Å². The first-order valence-electron chi connectivity index (χ1n) is 3.82. The monoisotopic (exact) mass is 182 g/mol. The Labute approximate surface area is 75.4 Å². The minimum absolute atomic E-state index is 0.322. The van der Waals surface area contributed by atoms with Gasteiger partial charge in [0.05, 0.1) is 19.1 Å². The van der Waals surface area contributed by atoms with Gasteiger partial charge in [-0.1, -0.05) is 0 Å². The van der Waals surface area contributed by atoms with E-state index in [-0.39, 0.29) is 0 Å². The third-order valence-corrected chi connectivity index (χ3v) is 1.17. The van der Waals surface area contributed by atoms with E-state index < -0.39 is 6.09 Å². The molecule has 0 fully saturated rings. The largest absolute Gasteiger partial charge is 0.463 e. The molecule has 0 saturated carbocycles. The van der Waals surface area contributed by atoms with Crippen molar-refractivity contribution in [1.29, 1.82) is 0 Å². The van der Waals surface area contributed by atoms with Crippen LogP contribution in [0.25, 0.3) is 0 Å². The van der Waals surface area contributed by atoms with Crippen molar-refractivity contribution in [2.24, 2.45) is 5.10 Å². The standard InChI is InChI=1S/C8H10N2O3/c1-2-12-8(11)10-9-6-7-4-3-5-13-7/h3-6H,2H2,1H3,(H,10,11)/b9-6+. The van der Waals surface area contributed by atoms with Crippen LogP contribution in [0.4, 0.5) is 4.79 Å². The van der Waals surface area contributed by atoms with E-state index in [1.165, 1.54) is 12.5 Å². The van der Waals surface area contributed by atoms with E-state index in [1.807, 2.05) is 0 Å². The lowest BCUT2D eigenvalue weighted by Gasteiger charge is -1.97. The van der Waals surface area contributed by atoms with Crippen molar-refractivity contribution in [1.82, 2.24) is 5.43 Å². The molecular formula is C8H10N2O3. The van der Waals surface area contributed by atoms with Crippen molar-refractivity contribution >= 4 is 12.3 Å². The first kappa shape index (κ1) is 9.31. The summed E-state index contributed by atoms with van der Waals surface area (Å²) in [6, 6.07) is 3.45. The van der Waals surface area contributed by atoms with Gasteiger partial charge in [0.2, 0.25) is 0 Å². The third kappa shape index (κ3) is 3.42. The number of hydrogen-bond acceptors (Lipinski definition) is 4. The molecule has 1 amide bonds. The molecule has 1 aromatic rings. The summed E-state index contributed by atoms with van der Waals surface area (Å²) in [7, 11) is 0. The van der Waals surface area contributed by atoms with Crippen molar-refractivity contribution in [3.8, 4) is 0 Å². The van der Waals surface area contributed by atoms with E-state index in [4.69, 9.17) is 4.42 Å². The normalized spacial score (nSPS) is 10.2. The number of amides is 1. The zero-order chi connectivity index (χ0) is 9.52. The quantitative estimate of drug-likeness (QED) is 0.567. The van der Waals surface area contributed by atoms with Gasteiger partial charge in [0.1, 0.15) is 5.76 Å². The summed E-state index contributed by atoms with van der Waals surface area (Å²) in [6.45, 7) is 2.04. The van der Waals surface area contributed by atoms with Crippen LogP contribution < -0.4 is 5.43 Å². The fourth-order valence-corrected chi connectivity index (χ4v) is 0.677. The molecule has 0 atom stereocenters. The van der Waals surface area contributed by atoms with Gasteiger partial charge in [-0.3, -0.25) is 0 Å². The number of furan rings is 1. The maximum absolute atomic E-state index is 10.7. The summed E-state index contributed by atoms with van der Waals surface area (Å²) in [4.78, 5) is 10.7. The molecule has 70 valence electrons. The molecule has 0 saturated heterocycles. The Hall–Kier alpha value is -1.78. The SMILES string of the molecule is CCOC(=O)N/N=C/c1ccco1. The van der Waals surface area contributed by atoms with E-state index >= 15 is 0 Å². The van der Waals surface area contributed by atoms with Gasteiger partial charge in [-0.25, -0.2) is 10.2 Å². The summed E-state index contributed by atoms with van der Waals surface area (Å²) < 4.78 is 9.50. The lowest BCUT2D eigenvalue weighted by molar-refractivity contribution is 0.152. The predicted molar refractivity (Wildman–Crippen MR) is 46.5 cm³/mol. The molecule has 1 aromatic heterocycles. The van der Waals surface area contributed by atoms with Crippen molar-refractivity contribution in [2.45, 2.75) is 6.92 Å². The molecule has 5 heteroatoms. The Morgan fingerprint density at radius 3 is 3.31 bits per heavy atom. The molecule has 1 heterocycles. The van der Waals surface area contributed by atoms with E-state index in [2.05, 4.69) is 15.3 Å². The first-order chi connectivity index (χ1) is 6.33. The number of carbonyl (C=O) groups is 1. The van der Waals surface area contributed by atoms with Gasteiger partial charge < -0.3 is 9.15 Å². The number of ether oxygens (including phenoxy) is 1. The fourth-order valence-electron chi connectivity index (χ4n) is 0.677. The Kier molecular flexibility index (Phi) is 3.56. The topological polar surface area (TPSA) is 63.8 Å². The smallest absolute Gasteiger partial charge is 0.427 e. The van der Waals surface area contributed by atoms with Crippen LogP contribution in [0.3, 0.4) is 0 Å². The summed E-state index contributed by atoms with van der Waals surface area (Å²) in [5, 5.41) is 3.59. The van der Waals surface area contributed by atoms with Crippen LogP contribution in [0.5, 0.6) is 0 Å². The highest BCUT2D eigenvalue weighted by Gasteiger charge is 1.95. The molecule has 1 N–H and O–H groups in total. The number of rotatable bonds is 3. The Morgan fingerprint density at radius 2 is 2.69 bits per heavy atom. The summed E-state index contributed by atoms with van der Waals surface area (Å²) >= 11 is 0. The Morgan fingerprint density at radius 1 is 1.85 bits per heavy atom. The molecule has 0 unspecified atom stereocenters. The molecule has 0 aliphatic rings. The van der Waals surface area contributed by atoms with E-state index in [1.54, 1.807) is 19.1 Å². The van der Waals surface area contributed by atoms with E-state index in [0.717, 1.165) is 0 Å². The second-order valence-electron chi connectivity index (χ2n) is 2.11. The maximum Gasteiger partial charge on any atom is 0.427 e. The van der Waals surface area contributed by atoms with Crippen LogP contribution in [-0.2, 0) is 4.74 Å². The van der Waals surface area contributed by atoms with Crippen LogP contribution in [0, 0.1) is 0 Å². The van der Waals surface area contributed by atoms with Crippen molar-refractivity contribution in [2.75, 3.05) is 6.61 Å². The maximum atomic E-state index is 10.7. The number of carbonyl (C=O) groups excluding carboxylic acids is 1. The van der Waals surface area contributed by atoms with Crippen LogP contribution in [-0.4, -0.2) is 18.9 Å². The molecule has 0 aromatic carbocycles. The number of hydrogen-bond donors (Lipinski definition) is 1. The lowest BCUT2D eigenvalue weighted by atomic mass is 10.5. The van der Waals surface area contributed by atoms with Gasteiger partial charge in [0.15, 0.2) is 0 Å². The van der Waals surface area contributed by atoms with Gasteiger partial charge in [0, 0.05) is 0 Å². The molecular weight excluding hydrogens is 172 g/mol. The first-order valence-corrected chi connectivity index (χ1v) is 3.82. The molecule has 0 radical (unpaired) electrons. The van der Waals surface area contributed by atoms with Gasteiger partial charge in [-0.15, -0.1) is 0 Å². The molecule has 0 aliphatic carbocycles. The van der Waals surface area contributed by atoms with Gasteiger partial charge in [-0.05, 0) is 19.1 Å². The molecule has 0 bridgehead atoms. The van der Waals surface area contributed by atoms with E-state index in [9.17, 15) is 4.79 Å². The molecule has 5 nitrogen and oxygen atoms in total. The minimum atomic E-state index is -0.578. The average Bonchev–Trinajstić information content (AvgIpc) is 2.57. The molecule has 0 aliphatic heterocycles. The van der Waals surface area contributed by atoms with Crippen molar-refractivity contribution < 1.29 is 13.9 Å². The Balaban J connectivity index is 2.30. The van der Waals surface area contributed by atoms with Gasteiger partial charge in [0.25, 0.3) is 0 Å². The zero-order valence-corrected chi connectivity index (χ0v) is 7.19. The fraction of sp³-hybridized carbons (Fsp3) is 0.250. The van der Waals surface area contributed by atoms with Gasteiger partial charge in [-0.2, -0.15) is 5.10 Å². The minimum Gasteiger partial charge on any atom is -0.463 e. The van der Waals surface area contributed by atoms with Crippen molar-refractivity contribution in [3.05, 3.63) is 24.2 Å². The Bertz CT molecular complexity index is 280. The highest BCUT2D eigenvalue weighted by atomic mass is 16.5. The number of nitrogens with one attached hydrogen (secondary N) is 1.